The molecule has 2 heterocycles. The Morgan fingerprint density at radius 2 is 1.96 bits per heavy atom. The monoisotopic (exact) mass is 384 g/mol. The van der Waals surface area contributed by atoms with Crippen molar-refractivity contribution < 1.29 is 9.59 Å². The molecular formula is C19H20N4O3S. The van der Waals surface area contributed by atoms with E-state index in [1.807, 2.05) is 44.2 Å². The summed E-state index contributed by atoms with van der Waals surface area (Å²) < 4.78 is 1.22. The predicted molar refractivity (Wildman–Crippen MR) is 106 cm³/mol. The van der Waals surface area contributed by atoms with Crippen molar-refractivity contribution in [2.75, 3.05) is 6.54 Å². The fraction of sp³-hybridized carbons (Fsp3) is 0.263. The molecule has 0 saturated heterocycles. The topological polar surface area (TPSA) is 93.1 Å². The average Bonchev–Trinajstić information content (AvgIpc) is 3.00. The van der Waals surface area contributed by atoms with Gasteiger partial charge in [-0.15, -0.1) is 11.3 Å². The van der Waals surface area contributed by atoms with Crippen LogP contribution in [0.25, 0.3) is 20.7 Å². The number of carbonyl (C=O) groups is 2. The number of nitrogens with zero attached hydrogens (tertiary/aromatic N) is 2. The Kier molecular flexibility index (Phi) is 5.66. The van der Waals surface area contributed by atoms with Crippen LogP contribution < -0.4 is 16.2 Å². The first-order valence-corrected chi connectivity index (χ1v) is 9.44. The Hall–Kier alpha value is -3.00. The molecule has 1 aromatic carbocycles. The second-order valence-corrected chi connectivity index (χ2v) is 7.08. The van der Waals surface area contributed by atoms with Gasteiger partial charge in [-0.2, -0.15) is 0 Å². The molecule has 3 amide bonds. The number of benzene rings is 1. The van der Waals surface area contributed by atoms with Crippen LogP contribution in [-0.4, -0.2) is 28.0 Å². The molecule has 140 valence electrons. The zero-order valence-electron chi connectivity index (χ0n) is 15.1. The summed E-state index contributed by atoms with van der Waals surface area (Å²) in [6.45, 7) is 4.00. The van der Waals surface area contributed by atoms with Crippen molar-refractivity contribution in [1.29, 1.82) is 0 Å². The van der Waals surface area contributed by atoms with Gasteiger partial charge in [0.25, 0.3) is 5.56 Å². The molecule has 2 N–H and O–H groups in total. The summed E-state index contributed by atoms with van der Waals surface area (Å²) in [5.41, 5.74) is 1.57. The van der Waals surface area contributed by atoms with E-state index < -0.39 is 11.9 Å². The summed E-state index contributed by atoms with van der Waals surface area (Å²) in [6.07, 6.45) is 2.11. The first kappa shape index (κ1) is 18.8. The van der Waals surface area contributed by atoms with Gasteiger partial charge in [0.05, 0.1) is 11.7 Å². The zero-order valence-corrected chi connectivity index (χ0v) is 15.9. The minimum Gasteiger partial charge on any atom is -0.338 e. The summed E-state index contributed by atoms with van der Waals surface area (Å²) in [7, 11) is 0. The first-order valence-electron chi connectivity index (χ1n) is 8.63. The predicted octanol–water partition coefficient (Wildman–Crippen LogP) is 2.67. The van der Waals surface area contributed by atoms with Crippen molar-refractivity contribution in [2.45, 2.75) is 26.8 Å². The van der Waals surface area contributed by atoms with Gasteiger partial charge in [0.1, 0.15) is 11.4 Å². The highest BCUT2D eigenvalue weighted by Gasteiger charge is 2.17. The molecule has 0 saturated carbocycles. The summed E-state index contributed by atoms with van der Waals surface area (Å²) in [4.78, 5) is 42.4. The fourth-order valence-electron chi connectivity index (χ4n) is 2.74. The van der Waals surface area contributed by atoms with Gasteiger partial charge in [0, 0.05) is 11.4 Å². The number of nitrogens with one attached hydrogen (secondary N) is 2. The number of aryl methyl sites for hydroxylation is 1. The van der Waals surface area contributed by atoms with Crippen LogP contribution in [0, 0.1) is 6.92 Å². The molecule has 3 aromatic rings. The molecule has 0 bridgehead atoms. The van der Waals surface area contributed by atoms with Crippen LogP contribution >= 0.6 is 11.3 Å². The number of hydrogen-bond donors (Lipinski definition) is 2. The summed E-state index contributed by atoms with van der Waals surface area (Å²) in [6, 6.07) is 9.23. The lowest BCUT2D eigenvalue weighted by Gasteiger charge is -2.07. The Morgan fingerprint density at radius 3 is 2.67 bits per heavy atom. The van der Waals surface area contributed by atoms with Crippen molar-refractivity contribution in [1.82, 2.24) is 20.2 Å². The van der Waals surface area contributed by atoms with Crippen molar-refractivity contribution in [2.24, 2.45) is 0 Å². The number of thiophene rings is 1. The van der Waals surface area contributed by atoms with E-state index in [-0.39, 0.29) is 12.1 Å². The van der Waals surface area contributed by atoms with Crippen LogP contribution in [-0.2, 0) is 11.3 Å². The SMILES string of the molecule is CCCNC(=O)NC(=O)Cn1cnc2sc(-c3ccccc3)c(C)c2c1=O. The zero-order chi connectivity index (χ0) is 19.4. The molecule has 27 heavy (non-hydrogen) atoms. The molecule has 0 aliphatic carbocycles. The number of amides is 3. The second-order valence-electron chi connectivity index (χ2n) is 6.08. The standard InChI is InChI=1S/C19H20N4O3S/c1-3-9-20-19(26)22-14(24)10-23-11-21-17-15(18(23)25)12(2)16(27-17)13-7-5-4-6-8-13/h4-8,11H,3,9-10H2,1-2H3,(H2,20,22,24,26). The first-order chi connectivity index (χ1) is 13.0. The molecule has 2 aromatic heterocycles. The van der Waals surface area contributed by atoms with Gasteiger partial charge in [-0.3, -0.25) is 19.5 Å². The largest absolute Gasteiger partial charge is 0.338 e. The highest BCUT2D eigenvalue weighted by atomic mass is 32.1. The maximum Gasteiger partial charge on any atom is 0.321 e. The van der Waals surface area contributed by atoms with Gasteiger partial charge in [-0.1, -0.05) is 37.3 Å². The Balaban J connectivity index is 1.87. The number of imide groups is 1. The Bertz CT molecular complexity index is 1040. The van der Waals surface area contributed by atoms with E-state index in [0.29, 0.717) is 16.8 Å². The number of hydrogen-bond acceptors (Lipinski definition) is 5. The summed E-state index contributed by atoms with van der Waals surface area (Å²) >= 11 is 1.45. The van der Waals surface area contributed by atoms with Crippen molar-refractivity contribution in [3.05, 3.63) is 52.6 Å². The number of fused-ring (bicyclic) bond motifs is 1. The van der Waals surface area contributed by atoms with Gasteiger partial charge in [0.2, 0.25) is 5.91 Å². The van der Waals surface area contributed by atoms with E-state index >= 15 is 0 Å². The average molecular weight is 384 g/mol. The number of rotatable bonds is 5. The number of urea groups is 1. The lowest BCUT2D eigenvalue weighted by atomic mass is 10.1. The summed E-state index contributed by atoms with van der Waals surface area (Å²) in [5, 5.41) is 5.27. The van der Waals surface area contributed by atoms with Gasteiger partial charge in [-0.05, 0) is 24.5 Å². The van der Waals surface area contributed by atoms with Crippen LogP contribution in [0.2, 0.25) is 0 Å². The molecule has 0 unspecified atom stereocenters. The van der Waals surface area contributed by atoms with Crippen molar-refractivity contribution in [3.63, 3.8) is 0 Å². The third-order valence-corrected chi connectivity index (χ3v) is 5.30. The maximum atomic E-state index is 12.8. The molecule has 0 atom stereocenters. The van der Waals surface area contributed by atoms with Crippen LogP contribution in [0.1, 0.15) is 18.9 Å². The Morgan fingerprint density at radius 1 is 1.22 bits per heavy atom. The van der Waals surface area contributed by atoms with E-state index in [9.17, 15) is 14.4 Å². The molecule has 0 aliphatic rings. The van der Waals surface area contributed by atoms with Crippen molar-refractivity contribution in [3.8, 4) is 10.4 Å². The third-order valence-electron chi connectivity index (χ3n) is 4.06. The molecule has 0 spiro atoms. The maximum absolute atomic E-state index is 12.8. The minimum atomic E-state index is -0.568. The Labute approximate surface area is 160 Å². The lowest BCUT2D eigenvalue weighted by Crippen LogP contribution is -2.42. The van der Waals surface area contributed by atoms with Gasteiger partial charge in [-0.25, -0.2) is 9.78 Å². The molecule has 0 fully saturated rings. The van der Waals surface area contributed by atoms with Crippen LogP contribution in [0.5, 0.6) is 0 Å². The van der Waals surface area contributed by atoms with Crippen LogP contribution in [0.3, 0.4) is 0 Å². The van der Waals surface area contributed by atoms with Crippen molar-refractivity contribution >= 4 is 33.5 Å². The van der Waals surface area contributed by atoms with E-state index in [1.165, 1.54) is 22.2 Å². The quantitative estimate of drug-likeness (QED) is 0.707. The molecule has 0 aliphatic heterocycles. The summed E-state index contributed by atoms with van der Waals surface area (Å²) in [5.74, 6) is -0.567. The highest BCUT2D eigenvalue weighted by Crippen LogP contribution is 2.35. The minimum absolute atomic E-state index is 0.267. The molecule has 0 radical (unpaired) electrons. The second kappa shape index (κ2) is 8.13. The normalized spacial score (nSPS) is 10.7. The van der Waals surface area contributed by atoms with E-state index in [1.54, 1.807) is 0 Å². The molecule has 7 nitrogen and oxygen atoms in total. The van der Waals surface area contributed by atoms with E-state index in [4.69, 9.17) is 0 Å². The number of aromatic nitrogens is 2. The van der Waals surface area contributed by atoms with Gasteiger partial charge >= 0.3 is 6.03 Å². The van der Waals surface area contributed by atoms with E-state index in [2.05, 4.69) is 15.6 Å². The molecule has 3 rings (SSSR count). The smallest absolute Gasteiger partial charge is 0.321 e. The van der Waals surface area contributed by atoms with Crippen LogP contribution in [0.15, 0.2) is 41.5 Å². The molecular weight excluding hydrogens is 364 g/mol. The molecule has 8 heteroatoms. The number of carbonyl (C=O) groups excluding carboxylic acids is 2. The highest BCUT2D eigenvalue weighted by molar-refractivity contribution is 7.22. The lowest BCUT2D eigenvalue weighted by molar-refractivity contribution is -0.120. The van der Waals surface area contributed by atoms with Gasteiger partial charge in [0.15, 0.2) is 0 Å². The van der Waals surface area contributed by atoms with Crippen LogP contribution in [0.4, 0.5) is 4.79 Å². The van der Waals surface area contributed by atoms with Gasteiger partial charge < -0.3 is 5.32 Å². The third kappa shape index (κ3) is 4.06. The van der Waals surface area contributed by atoms with E-state index in [0.717, 1.165) is 22.4 Å². The fourth-order valence-corrected chi connectivity index (χ4v) is 3.89.